The van der Waals surface area contributed by atoms with Crippen molar-refractivity contribution in [2.24, 2.45) is 0 Å². The Balaban J connectivity index is 3.06. The third-order valence-electron chi connectivity index (χ3n) is 2.73. The van der Waals surface area contributed by atoms with E-state index >= 15 is 0 Å². The summed E-state index contributed by atoms with van der Waals surface area (Å²) in [6, 6.07) is 3.99. The predicted molar refractivity (Wildman–Crippen MR) is 69.5 cm³/mol. The maximum Gasteiger partial charge on any atom is 0.160 e. The van der Waals surface area contributed by atoms with E-state index in [1.165, 1.54) is 6.92 Å². The highest BCUT2D eigenvalue weighted by molar-refractivity contribution is 5.96. The molecular weight excluding hydrogens is 214 g/mol. The standard InChI is InChI=1S/C14H21NO2/c1-5-12-13(10(4)16)6-11(7-14(12)17)8-15-9(2)3/h6-7,9,15,17H,5,8H2,1-4H3. The topological polar surface area (TPSA) is 49.3 Å². The van der Waals surface area contributed by atoms with Gasteiger partial charge in [-0.15, -0.1) is 0 Å². The van der Waals surface area contributed by atoms with Crippen molar-refractivity contribution >= 4 is 5.78 Å². The average Bonchev–Trinajstić information content (AvgIpc) is 2.25. The minimum absolute atomic E-state index is 0.00328. The third kappa shape index (κ3) is 3.56. The van der Waals surface area contributed by atoms with Crippen LogP contribution in [0.1, 0.15) is 49.2 Å². The summed E-state index contributed by atoms with van der Waals surface area (Å²) < 4.78 is 0. The Labute approximate surface area is 103 Å². The number of hydrogen-bond acceptors (Lipinski definition) is 3. The predicted octanol–water partition coefficient (Wildman–Crippen LogP) is 2.66. The van der Waals surface area contributed by atoms with Crippen LogP contribution in [-0.4, -0.2) is 16.9 Å². The molecule has 0 aromatic heterocycles. The maximum absolute atomic E-state index is 11.5. The molecular formula is C14H21NO2. The largest absolute Gasteiger partial charge is 0.508 e. The molecule has 0 aliphatic heterocycles. The molecule has 0 fully saturated rings. The molecule has 1 aromatic rings. The molecule has 3 nitrogen and oxygen atoms in total. The van der Waals surface area contributed by atoms with Gasteiger partial charge in [0.05, 0.1) is 0 Å². The second-order valence-corrected chi connectivity index (χ2v) is 4.59. The van der Waals surface area contributed by atoms with Gasteiger partial charge in [0.15, 0.2) is 5.78 Å². The van der Waals surface area contributed by atoms with Crippen LogP contribution >= 0.6 is 0 Å². The number of rotatable bonds is 5. The third-order valence-corrected chi connectivity index (χ3v) is 2.73. The summed E-state index contributed by atoms with van der Waals surface area (Å²) in [5.74, 6) is 0.226. The summed E-state index contributed by atoms with van der Waals surface area (Å²) in [4.78, 5) is 11.5. The number of ketones is 1. The van der Waals surface area contributed by atoms with E-state index in [2.05, 4.69) is 19.2 Å². The summed E-state index contributed by atoms with van der Waals surface area (Å²) in [6.07, 6.45) is 0.665. The van der Waals surface area contributed by atoms with E-state index in [9.17, 15) is 9.90 Å². The molecule has 0 atom stereocenters. The quantitative estimate of drug-likeness (QED) is 0.771. The van der Waals surface area contributed by atoms with Crippen molar-refractivity contribution in [3.05, 3.63) is 28.8 Å². The van der Waals surface area contributed by atoms with Crippen molar-refractivity contribution in [1.82, 2.24) is 5.32 Å². The van der Waals surface area contributed by atoms with Gasteiger partial charge >= 0.3 is 0 Å². The molecule has 0 aliphatic rings. The fraction of sp³-hybridized carbons (Fsp3) is 0.500. The average molecular weight is 235 g/mol. The molecule has 1 aromatic carbocycles. The first kappa shape index (κ1) is 13.7. The van der Waals surface area contributed by atoms with Crippen LogP contribution in [0.25, 0.3) is 0 Å². The van der Waals surface area contributed by atoms with Crippen LogP contribution in [0, 0.1) is 0 Å². The van der Waals surface area contributed by atoms with Crippen LogP contribution in [0.3, 0.4) is 0 Å². The summed E-state index contributed by atoms with van der Waals surface area (Å²) >= 11 is 0. The Morgan fingerprint density at radius 2 is 2.06 bits per heavy atom. The molecule has 0 heterocycles. The molecule has 2 N–H and O–H groups in total. The van der Waals surface area contributed by atoms with Crippen LogP contribution in [0.4, 0.5) is 0 Å². The van der Waals surface area contributed by atoms with Gasteiger partial charge in [-0.2, -0.15) is 0 Å². The molecule has 0 bridgehead atoms. The van der Waals surface area contributed by atoms with Crippen molar-refractivity contribution in [3.63, 3.8) is 0 Å². The highest BCUT2D eigenvalue weighted by Gasteiger charge is 2.12. The lowest BCUT2D eigenvalue weighted by molar-refractivity contribution is 0.101. The first-order valence-corrected chi connectivity index (χ1v) is 6.04. The zero-order chi connectivity index (χ0) is 13.0. The Kier molecular flexibility index (Phi) is 4.70. The molecule has 0 aliphatic carbocycles. The monoisotopic (exact) mass is 235 g/mol. The molecule has 0 amide bonds. The van der Waals surface area contributed by atoms with E-state index in [-0.39, 0.29) is 11.5 Å². The van der Waals surface area contributed by atoms with Gasteiger partial charge in [-0.05, 0) is 31.0 Å². The number of aromatic hydroxyl groups is 1. The molecule has 0 saturated carbocycles. The zero-order valence-electron chi connectivity index (χ0n) is 11.0. The number of Topliss-reactive ketones (excluding diaryl/α,β-unsaturated/α-hetero) is 1. The Hall–Kier alpha value is -1.35. The molecule has 3 heteroatoms. The van der Waals surface area contributed by atoms with Gasteiger partial charge < -0.3 is 10.4 Å². The molecule has 0 unspecified atom stereocenters. The molecule has 0 saturated heterocycles. The van der Waals surface area contributed by atoms with E-state index in [1.807, 2.05) is 13.0 Å². The molecule has 0 spiro atoms. The molecule has 1 rings (SSSR count). The number of nitrogens with one attached hydrogen (secondary N) is 1. The SMILES string of the molecule is CCc1c(O)cc(CNC(C)C)cc1C(C)=O. The van der Waals surface area contributed by atoms with Crippen LogP contribution in [0.5, 0.6) is 5.75 Å². The van der Waals surface area contributed by atoms with E-state index in [0.29, 0.717) is 24.6 Å². The number of phenolic OH excluding ortho intramolecular Hbond substituents is 1. The number of carbonyl (C=O) groups excluding carboxylic acids is 1. The number of carbonyl (C=O) groups is 1. The van der Waals surface area contributed by atoms with Crippen LogP contribution < -0.4 is 5.32 Å². The maximum atomic E-state index is 11.5. The Bertz CT molecular complexity index is 411. The second-order valence-electron chi connectivity index (χ2n) is 4.59. The fourth-order valence-electron chi connectivity index (χ4n) is 1.82. The Morgan fingerprint density at radius 1 is 1.41 bits per heavy atom. The number of hydrogen-bond donors (Lipinski definition) is 2. The van der Waals surface area contributed by atoms with E-state index in [1.54, 1.807) is 6.07 Å². The van der Waals surface area contributed by atoms with E-state index in [0.717, 1.165) is 11.1 Å². The van der Waals surface area contributed by atoms with Gasteiger partial charge in [0, 0.05) is 23.7 Å². The van der Waals surface area contributed by atoms with Crippen molar-refractivity contribution in [2.75, 3.05) is 0 Å². The van der Waals surface area contributed by atoms with Gasteiger partial charge in [0.25, 0.3) is 0 Å². The molecule has 17 heavy (non-hydrogen) atoms. The van der Waals surface area contributed by atoms with Crippen LogP contribution in [0.2, 0.25) is 0 Å². The van der Waals surface area contributed by atoms with Crippen molar-refractivity contribution in [3.8, 4) is 5.75 Å². The Morgan fingerprint density at radius 3 is 2.53 bits per heavy atom. The fourth-order valence-corrected chi connectivity index (χ4v) is 1.82. The van der Waals surface area contributed by atoms with Gasteiger partial charge in [-0.3, -0.25) is 4.79 Å². The van der Waals surface area contributed by atoms with Gasteiger partial charge in [0.1, 0.15) is 5.75 Å². The zero-order valence-corrected chi connectivity index (χ0v) is 11.0. The lowest BCUT2D eigenvalue weighted by Gasteiger charge is -2.13. The minimum atomic E-state index is 0.00328. The van der Waals surface area contributed by atoms with E-state index in [4.69, 9.17) is 0 Å². The van der Waals surface area contributed by atoms with Crippen molar-refractivity contribution < 1.29 is 9.90 Å². The lowest BCUT2D eigenvalue weighted by Crippen LogP contribution is -2.22. The second kappa shape index (κ2) is 5.82. The van der Waals surface area contributed by atoms with Gasteiger partial charge in [0.2, 0.25) is 0 Å². The highest BCUT2D eigenvalue weighted by Crippen LogP contribution is 2.24. The van der Waals surface area contributed by atoms with Crippen molar-refractivity contribution in [1.29, 1.82) is 0 Å². The summed E-state index contributed by atoms with van der Waals surface area (Å²) in [6.45, 7) is 8.26. The smallest absolute Gasteiger partial charge is 0.160 e. The lowest BCUT2D eigenvalue weighted by atomic mass is 9.98. The summed E-state index contributed by atoms with van der Waals surface area (Å²) in [7, 11) is 0. The van der Waals surface area contributed by atoms with E-state index < -0.39 is 0 Å². The number of benzene rings is 1. The first-order chi connectivity index (χ1) is 7.95. The minimum Gasteiger partial charge on any atom is -0.508 e. The van der Waals surface area contributed by atoms with Gasteiger partial charge in [-0.25, -0.2) is 0 Å². The summed E-state index contributed by atoms with van der Waals surface area (Å²) in [5, 5.41) is 13.2. The number of phenols is 1. The normalized spacial score (nSPS) is 10.9. The first-order valence-electron chi connectivity index (χ1n) is 6.04. The summed E-state index contributed by atoms with van der Waals surface area (Å²) in [5.41, 5.74) is 2.32. The highest BCUT2D eigenvalue weighted by atomic mass is 16.3. The molecule has 94 valence electrons. The van der Waals surface area contributed by atoms with Gasteiger partial charge in [-0.1, -0.05) is 20.8 Å². The molecule has 0 radical (unpaired) electrons. The van der Waals surface area contributed by atoms with Crippen LogP contribution in [0.15, 0.2) is 12.1 Å². The van der Waals surface area contributed by atoms with Crippen molar-refractivity contribution in [2.45, 2.75) is 46.7 Å². The van der Waals surface area contributed by atoms with Crippen LogP contribution in [-0.2, 0) is 13.0 Å².